The van der Waals surface area contributed by atoms with Gasteiger partial charge in [-0.1, -0.05) is 24.3 Å². The molecule has 2 N–H and O–H groups in total. The average molecular weight is 267 g/mol. The smallest absolute Gasteiger partial charge is 0.128 e. The van der Waals surface area contributed by atoms with E-state index in [4.69, 9.17) is 16.3 Å². The van der Waals surface area contributed by atoms with Crippen molar-refractivity contribution in [2.75, 3.05) is 6.61 Å². The maximum atomic E-state index is 6.06. The van der Waals surface area contributed by atoms with E-state index in [1.807, 2.05) is 18.2 Å². The van der Waals surface area contributed by atoms with Crippen LogP contribution in [0.2, 0.25) is 5.02 Å². The maximum Gasteiger partial charge on any atom is 0.128 e. The van der Waals surface area contributed by atoms with Crippen LogP contribution in [0.5, 0.6) is 5.75 Å². The maximum absolute atomic E-state index is 6.06. The van der Waals surface area contributed by atoms with Gasteiger partial charge in [0, 0.05) is 10.6 Å². The first-order valence-electron chi connectivity index (χ1n) is 6.65. The van der Waals surface area contributed by atoms with Crippen LogP contribution in [0.4, 0.5) is 0 Å². The van der Waals surface area contributed by atoms with Gasteiger partial charge < -0.3 is 10.1 Å². The van der Waals surface area contributed by atoms with Gasteiger partial charge in [0.2, 0.25) is 0 Å². The summed E-state index contributed by atoms with van der Waals surface area (Å²) >= 11 is 6.06. The molecule has 2 rings (SSSR count). The summed E-state index contributed by atoms with van der Waals surface area (Å²) in [6.07, 6.45) is 7.18. The van der Waals surface area contributed by atoms with Crippen molar-refractivity contribution in [2.24, 2.45) is 0 Å². The zero-order valence-corrected chi connectivity index (χ0v) is 11.5. The van der Waals surface area contributed by atoms with Crippen LogP contribution < -0.4 is 10.1 Å². The number of quaternary nitrogens is 1. The number of nitrogens with two attached hydrogens (primary N) is 1. The minimum absolute atomic E-state index is 0.540. The second kappa shape index (κ2) is 6.81. The van der Waals surface area contributed by atoms with Crippen molar-refractivity contribution >= 4 is 11.6 Å². The highest BCUT2D eigenvalue weighted by atomic mass is 35.5. The SMILES string of the molecule is C=CCOc1ccc(Cl)cc1C[NH2+]C1CCCC1. The topological polar surface area (TPSA) is 25.8 Å². The van der Waals surface area contributed by atoms with E-state index in [2.05, 4.69) is 11.9 Å². The van der Waals surface area contributed by atoms with Gasteiger partial charge in [-0.2, -0.15) is 0 Å². The molecule has 0 spiro atoms. The van der Waals surface area contributed by atoms with E-state index >= 15 is 0 Å². The third kappa shape index (κ3) is 3.76. The molecule has 2 nitrogen and oxygen atoms in total. The molecule has 98 valence electrons. The third-order valence-electron chi connectivity index (χ3n) is 3.45. The van der Waals surface area contributed by atoms with Crippen molar-refractivity contribution in [1.82, 2.24) is 0 Å². The van der Waals surface area contributed by atoms with E-state index in [0.29, 0.717) is 6.61 Å². The number of hydrogen-bond acceptors (Lipinski definition) is 1. The summed E-state index contributed by atoms with van der Waals surface area (Å²) in [4.78, 5) is 0. The number of benzene rings is 1. The van der Waals surface area contributed by atoms with Gasteiger partial charge in [0.05, 0.1) is 6.04 Å². The summed E-state index contributed by atoms with van der Waals surface area (Å²) in [5.41, 5.74) is 1.18. The van der Waals surface area contributed by atoms with Gasteiger partial charge in [-0.15, -0.1) is 0 Å². The van der Waals surface area contributed by atoms with Crippen LogP contribution in [-0.2, 0) is 6.54 Å². The summed E-state index contributed by atoms with van der Waals surface area (Å²) in [6.45, 7) is 5.16. The van der Waals surface area contributed by atoms with Crippen LogP contribution in [-0.4, -0.2) is 12.6 Å². The molecule has 0 aliphatic heterocycles. The van der Waals surface area contributed by atoms with Crippen molar-refractivity contribution in [3.05, 3.63) is 41.4 Å². The molecule has 1 aliphatic carbocycles. The molecule has 0 amide bonds. The molecular formula is C15H21ClNO+. The van der Waals surface area contributed by atoms with Crippen LogP contribution in [0, 0.1) is 0 Å². The van der Waals surface area contributed by atoms with Crippen molar-refractivity contribution in [2.45, 2.75) is 38.3 Å². The first kappa shape index (κ1) is 13.4. The van der Waals surface area contributed by atoms with E-state index in [1.54, 1.807) is 6.08 Å². The third-order valence-corrected chi connectivity index (χ3v) is 3.69. The van der Waals surface area contributed by atoms with Gasteiger partial charge in [0.1, 0.15) is 18.9 Å². The summed E-state index contributed by atoms with van der Waals surface area (Å²) in [7, 11) is 0. The lowest BCUT2D eigenvalue weighted by atomic mass is 10.1. The Hall–Kier alpha value is -0.990. The molecule has 18 heavy (non-hydrogen) atoms. The zero-order valence-electron chi connectivity index (χ0n) is 10.7. The standard InChI is InChI=1S/C15H20ClNO/c1-2-9-18-15-8-7-13(16)10-12(15)11-17-14-5-3-4-6-14/h2,7-8,10,14,17H,1,3-6,9,11H2/p+1. The molecule has 0 atom stereocenters. The van der Waals surface area contributed by atoms with Crippen molar-refractivity contribution in [3.63, 3.8) is 0 Å². The van der Waals surface area contributed by atoms with E-state index in [9.17, 15) is 0 Å². The van der Waals surface area contributed by atoms with Gasteiger partial charge in [0.25, 0.3) is 0 Å². The van der Waals surface area contributed by atoms with Crippen LogP contribution >= 0.6 is 11.6 Å². The molecule has 0 unspecified atom stereocenters. The summed E-state index contributed by atoms with van der Waals surface area (Å²) in [6, 6.07) is 6.60. The Bertz CT molecular complexity index is 399. The second-order valence-corrected chi connectivity index (χ2v) is 5.27. The molecule has 1 saturated carbocycles. The van der Waals surface area contributed by atoms with Crippen LogP contribution in [0.3, 0.4) is 0 Å². The molecule has 0 radical (unpaired) electrons. The fourth-order valence-electron chi connectivity index (χ4n) is 2.48. The molecule has 1 aromatic rings. The molecular weight excluding hydrogens is 246 g/mol. The normalized spacial score (nSPS) is 15.8. The quantitative estimate of drug-likeness (QED) is 0.787. The predicted octanol–water partition coefficient (Wildman–Crippen LogP) is 2.91. The van der Waals surface area contributed by atoms with E-state index < -0.39 is 0 Å². The fraction of sp³-hybridized carbons (Fsp3) is 0.467. The average Bonchev–Trinajstić information content (AvgIpc) is 2.88. The molecule has 0 aromatic heterocycles. The summed E-state index contributed by atoms with van der Waals surface area (Å²) < 4.78 is 5.66. The number of ether oxygens (including phenoxy) is 1. The van der Waals surface area contributed by atoms with E-state index in [-0.39, 0.29) is 0 Å². The molecule has 1 aromatic carbocycles. The van der Waals surface area contributed by atoms with Gasteiger partial charge >= 0.3 is 0 Å². The second-order valence-electron chi connectivity index (χ2n) is 4.84. The van der Waals surface area contributed by atoms with Crippen molar-refractivity contribution in [3.8, 4) is 5.75 Å². The number of halogens is 1. The molecule has 1 fully saturated rings. The first-order chi connectivity index (χ1) is 8.79. The molecule has 1 aliphatic rings. The highest BCUT2D eigenvalue weighted by Gasteiger charge is 2.18. The summed E-state index contributed by atoms with van der Waals surface area (Å²) in [5, 5.41) is 3.19. The van der Waals surface area contributed by atoms with Gasteiger partial charge in [-0.25, -0.2) is 0 Å². The Balaban J connectivity index is 1.99. The minimum atomic E-state index is 0.540. The Morgan fingerprint density at radius 1 is 1.39 bits per heavy atom. The zero-order chi connectivity index (χ0) is 12.8. The number of rotatable bonds is 6. The largest absolute Gasteiger partial charge is 0.489 e. The Kier molecular flexibility index (Phi) is 5.09. The monoisotopic (exact) mass is 266 g/mol. The first-order valence-corrected chi connectivity index (χ1v) is 7.03. The van der Waals surface area contributed by atoms with Crippen LogP contribution in [0.15, 0.2) is 30.9 Å². The van der Waals surface area contributed by atoms with E-state index in [0.717, 1.165) is 23.4 Å². The molecule has 0 bridgehead atoms. The molecule has 0 saturated heterocycles. The highest BCUT2D eigenvalue weighted by molar-refractivity contribution is 6.30. The number of hydrogen-bond donors (Lipinski definition) is 1. The Morgan fingerprint density at radius 3 is 2.89 bits per heavy atom. The Morgan fingerprint density at radius 2 is 2.17 bits per heavy atom. The minimum Gasteiger partial charge on any atom is -0.489 e. The van der Waals surface area contributed by atoms with Gasteiger partial charge in [0.15, 0.2) is 0 Å². The van der Waals surface area contributed by atoms with Crippen LogP contribution in [0.25, 0.3) is 0 Å². The lowest BCUT2D eigenvalue weighted by Gasteiger charge is -2.12. The van der Waals surface area contributed by atoms with Gasteiger partial charge in [-0.05, 0) is 43.9 Å². The Labute approximate surface area is 114 Å². The summed E-state index contributed by atoms with van der Waals surface area (Å²) in [5.74, 6) is 0.925. The fourth-order valence-corrected chi connectivity index (χ4v) is 2.68. The lowest BCUT2D eigenvalue weighted by molar-refractivity contribution is -0.703. The van der Waals surface area contributed by atoms with Crippen LogP contribution in [0.1, 0.15) is 31.2 Å². The van der Waals surface area contributed by atoms with Gasteiger partial charge in [-0.3, -0.25) is 0 Å². The van der Waals surface area contributed by atoms with Crippen molar-refractivity contribution in [1.29, 1.82) is 0 Å². The highest BCUT2D eigenvalue weighted by Crippen LogP contribution is 2.22. The predicted molar refractivity (Wildman–Crippen MR) is 75.0 cm³/mol. The van der Waals surface area contributed by atoms with E-state index in [1.165, 1.54) is 31.2 Å². The lowest BCUT2D eigenvalue weighted by Crippen LogP contribution is -2.87. The molecule has 3 heteroatoms. The van der Waals surface area contributed by atoms with Crippen molar-refractivity contribution < 1.29 is 10.1 Å². The molecule has 0 heterocycles.